The molecule has 1 aromatic carbocycles. The Morgan fingerprint density at radius 3 is 2.75 bits per heavy atom. The summed E-state index contributed by atoms with van der Waals surface area (Å²) in [5.74, 6) is 1.35. The van der Waals surface area contributed by atoms with Gasteiger partial charge in [-0.15, -0.1) is 0 Å². The fourth-order valence-electron chi connectivity index (χ4n) is 1.68. The lowest BCUT2D eigenvalue weighted by Crippen LogP contribution is -2.06. The Kier molecular flexibility index (Phi) is 5.59. The third-order valence-corrected chi connectivity index (χ3v) is 4.55. The summed E-state index contributed by atoms with van der Waals surface area (Å²) in [4.78, 5) is 9.06. The zero-order chi connectivity index (χ0) is 14.7. The zero-order valence-electron chi connectivity index (χ0n) is 10.9. The van der Waals surface area contributed by atoms with Gasteiger partial charge in [0, 0.05) is 24.2 Å². The summed E-state index contributed by atoms with van der Waals surface area (Å²) in [7, 11) is 3.47. The SMILES string of the molecule is CNc1nc(-c2ccc(Br)cc2Cl)nc(COC)c1I. The highest BCUT2D eigenvalue weighted by atomic mass is 127. The summed E-state index contributed by atoms with van der Waals surface area (Å²) in [5.41, 5.74) is 1.63. The molecule has 0 fully saturated rings. The summed E-state index contributed by atoms with van der Waals surface area (Å²) in [6.07, 6.45) is 0. The highest BCUT2D eigenvalue weighted by Gasteiger charge is 2.14. The van der Waals surface area contributed by atoms with Gasteiger partial charge in [-0.2, -0.15) is 0 Å². The van der Waals surface area contributed by atoms with Crippen LogP contribution in [-0.4, -0.2) is 24.1 Å². The summed E-state index contributed by atoms with van der Waals surface area (Å²) < 4.78 is 7.05. The zero-order valence-corrected chi connectivity index (χ0v) is 15.4. The van der Waals surface area contributed by atoms with Crippen molar-refractivity contribution in [2.45, 2.75) is 6.61 Å². The van der Waals surface area contributed by atoms with Crippen molar-refractivity contribution in [1.29, 1.82) is 0 Å². The van der Waals surface area contributed by atoms with E-state index in [2.05, 4.69) is 53.8 Å². The first kappa shape index (κ1) is 15.9. The van der Waals surface area contributed by atoms with E-state index in [-0.39, 0.29) is 0 Å². The molecule has 2 rings (SSSR count). The summed E-state index contributed by atoms with van der Waals surface area (Å²) >= 11 is 11.9. The van der Waals surface area contributed by atoms with E-state index in [1.165, 1.54) is 0 Å². The Balaban J connectivity index is 2.58. The molecule has 0 saturated carbocycles. The molecule has 1 N–H and O–H groups in total. The van der Waals surface area contributed by atoms with Crippen LogP contribution < -0.4 is 5.32 Å². The molecule has 106 valence electrons. The third kappa shape index (κ3) is 3.41. The molecular formula is C13H12BrClIN3O. The maximum atomic E-state index is 6.27. The monoisotopic (exact) mass is 467 g/mol. The van der Waals surface area contributed by atoms with Gasteiger partial charge in [-0.1, -0.05) is 27.5 Å². The Bertz CT molecular complexity index is 639. The molecule has 0 spiro atoms. The number of rotatable bonds is 4. The average molecular weight is 469 g/mol. The van der Waals surface area contributed by atoms with Gasteiger partial charge in [-0.3, -0.25) is 0 Å². The second kappa shape index (κ2) is 7.02. The van der Waals surface area contributed by atoms with Crippen molar-refractivity contribution in [1.82, 2.24) is 9.97 Å². The molecule has 0 saturated heterocycles. The van der Waals surface area contributed by atoms with E-state index in [1.807, 2.05) is 25.2 Å². The largest absolute Gasteiger partial charge is 0.378 e. The van der Waals surface area contributed by atoms with Gasteiger partial charge in [-0.05, 0) is 40.8 Å². The van der Waals surface area contributed by atoms with E-state index in [9.17, 15) is 0 Å². The molecule has 0 aliphatic carbocycles. The van der Waals surface area contributed by atoms with Gasteiger partial charge >= 0.3 is 0 Å². The number of aromatic nitrogens is 2. The van der Waals surface area contributed by atoms with Crippen molar-refractivity contribution in [3.05, 3.63) is 37.0 Å². The molecule has 2 aromatic rings. The fraction of sp³-hybridized carbons (Fsp3) is 0.231. The van der Waals surface area contributed by atoms with Crippen molar-refractivity contribution in [2.24, 2.45) is 0 Å². The second-order valence-electron chi connectivity index (χ2n) is 3.96. The number of benzene rings is 1. The quantitative estimate of drug-likeness (QED) is 0.678. The average Bonchev–Trinajstić information content (AvgIpc) is 2.41. The number of nitrogens with zero attached hydrogens (tertiary/aromatic N) is 2. The fourth-order valence-corrected chi connectivity index (χ4v) is 3.11. The number of halogens is 3. The van der Waals surface area contributed by atoms with Crippen LogP contribution in [0.1, 0.15) is 5.69 Å². The van der Waals surface area contributed by atoms with E-state index >= 15 is 0 Å². The van der Waals surface area contributed by atoms with Crippen molar-refractivity contribution < 1.29 is 4.74 Å². The predicted octanol–water partition coefficient (Wildman–Crippen LogP) is 4.35. The summed E-state index contributed by atoms with van der Waals surface area (Å²) in [5, 5.41) is 3.67. The molecule has 0 amide bonds. The lowest BCUT2D eigenvalue weighted by atomic mass is 10.2. The number of hydrogen-bond donors (Lipinski definition) is 1. The van der Waals surface area contributed by atoms with Crippen LogP contribution >= 0.6 is 50.1 Å². The van der Waals surface area contributed by atoms with Gasteiger partial charge in [0.1, 0.15) is 5.82 Å². The van der Waals surface area contributed by atoms with Gasteiger partial charge in [-0.25, -0.2) is 9.97 Å². The third-order valence-electron chi connectivity index (χ3n) is 2.61. The van der Waals surface area contributed by atoms with Crippen LogP contribution in [0.3, 0.4) is 0 Å². The molecule has 0 unspecified atom stereocenters. The predicted molar refractivity (Wildman–Crippen MR) is 93.2 cm³/mol. The van der Waals surface area contributed by atoms with Crippen molar-refractivity contribution >= 4 is 55.9 Å². The highest BCUT2D eigenvalue weighted by molar-refractivity contribution is 14.1. The van der Waals surface area contributed by atoms with E-state index < -0.39 is 0 Å². The van der Waals surface area contributed by atoms with Crippen molar-refractivity contribution in [2.75, 3.05) is 19.5 Å². The lowest BCUT2D eigenvalue weighted by Gasteiger charge is -2.11. The van der Waals surface area contributed by atoms with E-state index in [4.69, 9.17) is 16.3 Å². The van der Waals surface area contributed by atoms with Gasteiger partial charge in [0.15, 0.2) is 5.82 Å². The molecule has 1 aromatic heterocycles. The van der Waals surface area contributed by atoms with Gasteiger partial charge < -0.3 is 10.1 Å². The van der Waals surface area contributed by atoms with Crippen LogP contribution in [0.2, 0.25) is 5.02 Å². The highest BCUT2D eigenvalue weighted by Crippen LogP contribution is 2.30. The molecule has 20 heavy (non-hydrogen) atoms. The summed E-state index contributed by atoms with van der Waals surface area (Å²) in [6, 6.07) is 5.63. The minimum atomic E-state index is 0.427. The van der Waals surface area contributed by atoms with Crippen molar-refractivity contribution in [3.63, 3.8) is 0 Å². The van der Waals surface area contributed by atoms with Crippen LogP contribution in [0.25, 0.3) is 11.4 Å². The number of hydrogen-bond acceptors (Lipinski definition) is 4. The molecule has 4 nitrogen and oxygen atoms in total. The first-order chi connectivity index (χ1) is 9.56. The summed E-state index contributed by atoms with van der Waals surface area (Å²) in [6.45, 7) is 0.427. The molecular weight excluding hydrogens is 456 g/mol. The standard InChI is InChI=1S/C13H12BrClIN3O/c1-17-13-11(16)10(6-20-2)18-12(19-13)8-4-3-7(14)5-9(8)15/h3-5H,6H2,1-2H3,(H,17,18,19). The smallest absolute Gasteiger partial charge is 0.163 e. The van der Waals surface area contributed by atoms with E-state index in [0.29, 0.717) is 17.5 Å². The van der Waals surface area contributed by atoms with E-state index in [1.54, 1.807) is 7.11 Å². The second-order valence-corrected chi connectivity index (χ2v) is 6.37. The Morgan fingerprint density at radius 2 is 2.15 bits per heavy atom. The van der Waals surface area contributed by atoms with Crippen LogP contribution in [0.4, 0.5) is 5.82 Å². The normalized spacial score (nSPS) is 10.7. The van der Waals surface area contributed by atoms with Crippen molar-refractivity contribution in [3.8, 4) is 11.4 Å². The maximum Gasteiger partial charge on any atom is 0.163 e. The minimum absolute atomic E-state index is 0.427. The molecule has 0 bridgehead atoms. The van der Waals surface area contributed by atoms with E-state index in [0.717, 1.165) is 25.1 Å². The van der Waals surface area contributed by atoms with Crippen LogP contribution in [-0.2, 0) is 11.3 Å². The Hall–Kier alpha value is -0.440. The number of methoxy groups -OCH3 is 1. The topological polar surface area (TPSA) is 47.0 Å². The molecule has 0 atom stereocenters. The molecule has 7 heteroatoms. The van der Waals surface area contributed by atoms with Crippen LogP contribution in [0.15, 0.2) is 22.7 Å². The first-order valence-corrected chi connectivity index (χ1v) is 8.00. The van der Waals surface area contributed by atoms with Crippen LogP contribution in [0, 0.1) is 3.57 Å². The maximum absolute atomic E-state index is 6.27. The number of ether oxygens (including phenoxy) is 1. The molecule has 1 heterocycles. The molecule has 0 radical (unpaired) electrons. The molecule has 0 aliphatic rings. The number of anilines is 1. The lowest BCUT2D eigenvalue weighted by molar-refractivity contribution is 0.181. The Labute approximate surface area is 144 Å². The number of nitrogens with one attached hydrogen (secondary N) is 1. The first-order valence-electron chi connectivity index (χ1n) is 5.75. The van der Waals surface area contributed by atoms with Gasteiger partial charge in [0.25, 0.3) is 0 Å². The van der Waals surface area contributed by atoms with Gasteiger partial charge in [0.2, 0.25) is 0 Å². The minimum Gasteiger partial charge on any atom is -0.378 e. The van der Waals surface area contributed by atoms with Gasteiger partial charge in [0.05, 0.1) is 20.9 Å². The Morgan fingerprint density at radius 1 is 1.40 bits per heavy atom. The molecule has 0 aliphatic heterocycles. The van der Waals surface area contributed by atoms with Crippen LogP contribution in [0.5, 0.6) is 0 Å².